The average Bonchev–Trinajstić information content (AvgIpc) is 2.83. The first kappa shape index (κ1) is 29.7. The lowest BCUT2D eigenvalue weighted by Crippen LogP contribution is -2.57. The Hall–Kier alpha value is -3.54. The first-order valence-electron chi connectivity index (χ1n) is 11.2. The number of aliphatic hydroxyl groups is 1. The van der Waals surface area contributed by atoms with Crippen LogP contribution < -0.4 is 27.0 Å². The van der Waals surface area contributed by atoms with Crippen molar-refractivity contribution in [2.75, 3.05) is 18.5 Å². The van der Waals surface area contributed by atoms with Gasteiger partial charge in [-0.2, -0.15) is 0 Å². The summed E-state index contributed by atoms with van der Waals surface area (Å²) in [6, 6.07) is -1.79. The molecule has 8 N–H and O–H groups in total. The Bertz CT molecular complexity index is 1080. The van der Waals surface area contributed by atoms with Gasteiger partial charge in [0.05, 0.1) is 22.8 Å². The number of aliphatic hydroxyl groups excluding tert-OH is 1. The number of rotatable bonds is 6. The predicted molar refractivity (Wildman–Crippen MR) is 136 cm³/mol. The smallest absolute Gasteiger partial charge is 0.303 e. The molecule has 3 atom stereocenters. The van der Waals surface area contributed by atoms with E-state index in [0.29, 0.717) is 16.4 Å². The molecule has 1 aliphatic heterocycles. The largest absolute Gasteiger partial charge is 0.481 e. The number of nitrogens with zero attached hydrogens (tertiary/aromatic N) is 1. The molecule has 0 aromatic heterocycles. The molecule has 1 heterocycles. The summed E-state index contributed by atoms with van der Waals surface area (Å²) in [6.07, 6.45) is 0.121. The molecule has 15 nitrogen and oxygen atoms in total. The number of carbonyl (C=O) groups is 5. The van der Waals surface area contributed by atoms with Crippen LogP contribution in [-0.2, 0) is 19.2 Å². The maximum Gasteiger partial charge on any atom is 0.303 e. The van der Waals surface area contributed by atoms with E-state index in [-0.39, 0.29) is 36.3 Å². The number of nitrogens with two attached hydrogens (primary N) is 1. The fourth-order valence-electron chi connectivity index (χ4n) is 3.54. The van der Waals surface area contributed by atoms with Gasteiger partial charge in [0.1, 0.15) is 18.1 Å². The summed E-state index contributed by atoms with van der Waals surface area (Å²) in [4.78, 5) is 72.3. The van der Waals surface area contributed by atoms with Crippen LogP contribution in [-0.4, -0.2) is 76.0 Å². The number of carboxylic acids is 1. The van der Waals surface area contributed by atoms with Crippen LogP contribution in [0.15, 0.2) is 12.1 Å². The van der Waals surface area contributed by atoms with Crippen LogP contribution in [0, 0.1) is 13.7 Å². The summed E-state index contributed by atoms with van der Waals surface area (Å²) in [7, 11) is 0. The molecule has 0 saturated carbocycles. The minimum atomic E-state index is -1.53. The van der Waals surface area contributed by atoms with Crippen molar-refractivity contribution in [2.24, 2.45) is 5.73 Å². The lowest BCUT2D eigenvalue weighted by molar-refractivity contribution is -0.384. The van der Waals surface area contributed by atoms with Crippen LogP contribution in [0.4, 0.5) is 11.4 Å². The van der Waals surface area contributed by atoms with E-state index in [2.05, 4.69) is 21.3 Å². The van der Waals surface area contributed by atoms with Crippen LogP contribution in [0.3, 0.4) is 0 Å². The second-order valence-corrected chi connectivity index (χ2v) is 9.36. The minimum Gasteiger partial charge on any atom is -0.481 e. The lowest BCUT2D eigenvalue weighted by Gasteiger charge is -2.24. The zero-order chi connectivity index (χ0) is 27.7. The monoisotopic (exact) mass is 634 g/mol. The molecular weight excluding hydrogens is 607 g/mol. The van der Waals surface area contributed by atoms with E-state index in [1.807, 2.05) is 22.6 Å². The van der Waals surface area contributed by atoms with Crippen molar-refractivity contribution in [2.45, 2.75) is 50.2 Å². The van der Waals surface area contributed by atoms with Gasteiger partial charge in [0.15, 0.2) is 0 Å². The zero-order valence-electron chi connectivity index (χ0n) is 19.5. The molecule has 0 radical (unpaired) electrons. The van der Waals surface area contributed by atoms with Crippen molar-refractivity contribution in [3.8, 4) is 0 Å². The number of halogens is 1. The molecule has 0 aliphatic carbocycles. The van der Waals surface area contributed by atoms with E-state index in [4.69, 9.17) is 10.8 Å². The molecular formula is C21H27IN6O9. The minimum absolute atomic E-state index is 0.148. The van der Waals surface area contributed by atoms with E-state index in [9.17, 15) is 39.2 Å². The molecule has 0 saturated heterocycles. The Morgan fingerprint density at radius 3 is 2.38 bits per heavy atom. The third-order valence-corrected chi connectivity index (χ3v) is 6.35. The number of amides is 4. The number of aliphatic carboxylic acids is 1. The summed E-state index contributed by atoms with van der Waals surface area (Å²) < 4.78 is 0.354. The quantitative estimate of drug-likeness (QED) is 0.117. The number of benzene rings is 1. The number of nitrogens with one attached hydrogen (secondary N) is 4. The summed E-state index contributed by atoms with van der Waals surface area (Å²) >= 11 is 1.82. The van der Waals surface area contributed by atoms with Gasteiger partial charge in [-0.1, -0.05) is 0 Å². The zero-order valence-corrected chi connectivity index (χ0v) is 21.6. The Morgan fingerprint density at radius 1 is 1.11 bits per heavy atom. The van der Waals surface area contributed by atoms with Gasteiger partial charge >= 0.3 is 5.97 Å². The van der Waals surface area contributed by atoms with Gasteiger partial charge in [-0.05, 0) is 48.3 Å². The standard InChI is InChI=1S/C21H27IN6O9/c22-12-8-10(28(36)37)7-11-17(12)24-6-2-1-3-13(18(23)32)25-21(35)15(9-29)27-20(34)14(26-19(11)33)4-5-16(30)31/h7-8,13-15,24,29H,1-6,9H2,(H2,23,32)(H,25,35)(H,26,33)(H,27,34)(H,30,31)/t13-,14-,15-/m0/s1. The fraction of sp³-hybridized carbons (Fsp3) is 0.476. The molecule has 1 aliphatic rings. The summed E-state index contributed by atoms with van der Waals surface area (Å²) in [5, 5.41) is 40.1. The highest BCUT2D eigenvalue weighted by atomic mass is 127. The third-order valence-electron chi connectivity index (χ3n) is 5.50. The van der Waals surface area contributed by atoms with E-state index < -0.39 is 65.7 Å². The summed E-state index contributed by atoms with van der Waals surface area (Å²) in [5.41, 5.74) is 5.12. The second kappa shape index (κ2) is 13.7. The Labute approximate surface area is 224 Å². The summed E-state index contributed by atoms with van der Waals surface area (Å²) in [5.74, 6) is -4.85. The first-order chi connectivity index (χ1) is 17.4. The van der Waals surface area contributed by atoms with Crippen LogP contribution in [0.5, 0.6) is 0 Å². The highest BCUT2D eigenvalue weighted by molar-refractivity contribution is 14.1. The third kappa shape index (κ3) is 8.52. The highest BCUT2D eigenvalue weighted by Gasteiger charge is 2.30. The number of fused-ring (bicyclic) bond motifs is 1. The molecule has 0 fully saturated rings. The van der Waals surface area contributed by atoms with E-state index in [1.165, 1.54) is 6.07 Å². The van der Waals surface area contributed by atoms with Crippen molar-refractivity contribution >= 4 is 63.6 Å². The van der Waals surface area contributed by atoms with Crippen LogP contribution in [0.2, 0.25) is 0 Å². The molecule has 202 valence electrons. The van der Waals surface area contributed by atoms with Gasteiger partial charge in [-0.3, -0.25) is 34.1 Å². The fourth-order valence-corrected chi connectivity index (χ4v) is 4.34. The molecule has 0 spiro atoms. The Balaban J connectivity index is 2.50. The van der Waals surface area contributed by atoms with Crippen molar-refractivity contribution in [1.29, 1.82) is 0 Å². The predicted octanol–water partition coefficient (Wildman–Crippen LogP) is -0.794. The molecule has 4 amide bonds. The average molecular weight is 634 g/mol. The number of nitro benzene ring substituents is 1. The lowest BCUT2D eigenvalue weighted by atomic mass is 10.1. The number of carboxylic acid groups (broad SMARTS) is 1. The molecule has 0 bridgehead atoms. The van der Waals surface area contributed by atoms with E-state index in [0.717, 1.165) is 6.07 Å². The van der Waals surface area contributed by atoms with E-state index >= 15 is 0 Å². The number of hydrogen-bond donors (Lipinski definition) is 7. The first-order valence-corrected chi connectivity index (χ1v) is 12.3. The Morgan fingerprint density at radius 2 is 1.78 bits per heavy atom. The molecule has 2 rings (SSSR count). The van der Waals surface area contributed by atoms with Gasteiger partial charge in [-0.25, -0.2) is 0 Å². The number of nitro groups is 1. The summed E-state index contributed by atoms with van der Waals surface area (Å²) in [6.45, 7) is -0.574. The molecule has 0 unspecified atom stereocenters. The van der Waals surface area contributed by atoms with Crippen molar-refractivity contribution in [1.82, 2.24) is 16.0 Å². The molecule has 1 aromatic carbocycles. The van der Waals surface area contributed by atoms with Gasteiger partial charge < -0.3 is 37.2 Å². The van der Waals surface area contributed by atoms with Gasteiger partial charge in [0.2, 0.25) is 17.7 Å². The number of carbonyl (C=O) groups excluding carboxylic acids is 4. The normalized spacial score (nSPS) is 21.5. The van der Waals surface area contributed by atoms with Crippen LogP contribution in [0.25, 0.3) is 0 Å². The van der Waals surface area contributed by atoms with E-state index in [1.54, 1.807) is 0 Å². The molecule has 37 heavy (non-hydrogen) atoms. The van der Waals surface area contributed by atoms with Gasteiger partial charge in [-0.15, -0.1) is 0 Å². The number of hydrogen-bond acceptors (Lipinski definition) is 9. The highest BCUT2D eigenvalue weighted by Crippen LogP contribution is 2.29. The number of anilines is 1. The second-order valence-electron chi connectivity index (χ2n) is 8.20. The maximum absolute atomic E-state index is 13.2. The van der Waals surface area contributed by atoms with Gasteiger partial charge in [0, 0.05) is 28.7 Å². The van der Waals surface area contributed by atoms with Crippen molar-refractivity contribution < 1.29 is 39.1 Å². The topological polar surface area (TPSA) is 243 Å². The number of primary amides is 1. The van der Waals surface area contributed by atoms with Crippen molar-refractivity contribution in [3.05, 3.63) is 31.4 Å². The SMILES string of the molecule is NC(=O)[C@@H]1CCCCNc2c(I)cc([N+](=O)[O-])cc2C(=O)N[C@@H](CCC(=O)O)C(=O)N[C@@H](CO)C(=O)N1. The molecule has 16 heteroatoms. The maximum atomic E-state index is 13.2. The van der Waals surface area contributed by atoms with Crippen molar-refractivity contribution in [3.63, 3.8) is 0 Å². The number of non-ortho nitro benzene ring substituents is 1. The molecule has 1 aromatic rings. The Kier molecular flexibility index (Phi) is 11.0. The van der Waals surface area contributed by atoms with Gasteiger partial charge in [0.25, 0.3) is 11.6 Å². The van der Waals surface area contributed by atoms with Crippen LogP contribution in [0.1, 0.15) is 42.5 Å². The van der Waals surface area contributed by atoms with Crippen LogP contribution >= 0.6 is 22.6 Å².